The summed E-state index contributed by atoms with van der Waals surface area (Å²) in [6.07, 6.45) is 8.19. The fourth-order valence-corrected chi connectivity index (χ4v) is 24.6. The average Bonchev–Trinajstić information content (AvgIpc) is 3.31. The van der Waals surface area contributed by atoms with E-state index in [1.807, 2.05) is 30.3 Å². The predicted molar refractivity (Wildman–Crippen MR) is 141 cm³/mol. The Kier molecular flexibility index (Phi) is 9.98. The van der Waals surface area contributed by atoms with Crippen molar-refractivity contribution in [2.24, 2.45) is 0 Å². The van der Waals surface area contributed by atoms with Crippen LogP contribution in [0.4, 0.5) is 0 Å². The van der Waals surface area contributed by atoms with Crippen LogP contribution in [0.1, 0.15) is 59.3 Å². The van der Waals surface area contributed by atoms with Gasteiger partial charge in [0.25, 0.3) is 0 Å². The molecule has 0 aliphatic rings. The number of thiophene rings is 1. The van der Waals surface area contributed by atoms with Gasteiger partial charge in [-0.15, -0.1) is 0 Å². The molecule has 3 rings (SSSR count). The van der Waals surface area contributed by atoms with Gasteiger partial charge in [0.05, 0.1) is 0 Å². The Morgan fingerprint density at radius 2 is 1.26 bits per heavy atom. The van der Waals surface area contributed by atoms with E-state index in [2.05, 4.69) is 68.5 Å². The molecule has 0 saturated heterocycles. The molecule has 0 amide bonds. The van der Waals surface area contributed by atoms with Crippen molar-refractivity contribution in [2.45, 2.75) is 72.6 Å². The molecule has 0 unspecified atom stereocenters. The Morgan fingerprint density at radius 1 is 0.677 bits per heavy atom. The summed E-state index contributed by atoms with van der Waals surface area (Å²) in [5.41, 5.74) is 1.23. The first-order valence-corrected chi connectivity index (χ1v) is 20.4. The molecule has 1 aromatic heterocycles. The Hall–Kier alpha value is -1.26. The van der Waals surface area contributed by atoms with Gasteiger partial charge in [0.15, 0.2) is 0 Å². The fourth-order valence-electron chi connectivity index (χ4n) is 4.43. The summed E-state index contributed by atoms with van der Waals surface area (Å²) in [5, 5.41) is 0. The Morgan fingerprint density at radius 3 is 1.87 bits per heavy atom. The summed E-state index contributed by atoms with van der Waals surface area (Å²) in [7, 11) is 0. The Bertz CT molecular complexity index is 880. The van der Waals surface area contributed by atoms with Crippen molar-refractivity contribution in [2.75, 3.05) is 0 Å². The maximum absolute atomic E-state index is 6.28. The Labute approximate surface area is 197 Å². The van der Waals surface area contributed by atoms with Crippen LogP contribution in [0.25, 0.3) is 10.4 Å². The number of para-hydroxylation sites is 2. The number of rotatable bonds is 13. The van der Waals surface area contributed by atoms with Crippen LogP contribution in [0.15, 0.2) is 66.7 Å². The number of hydrogen-bond donors (Lipinski definition) is 0. The molecule has 31 heavy (non-hydrogen) atoms. The van der Waals surface area contributed by atoms with E-state index in [4.69, 9.17) is 4.74 Å². The minimum atomic E-state index is -2.38. The number of benzene rings is 2. The van der Waals surface area contributed by atoms with E-state index in [0.29, 0.717) is 0 Å². The van der Waals surface area contributed by atoms with Crippen LogP contribution >= 0.6 is 11.3 Å². The summed E-state index contributed by atoms with van der Waals surface area (Å²) >= 11 is -0.297. The van der Waals surface area contributed by atoms with Gasteiger partial charge < -0.3 is 0 Å². The van der Waals surface area contributed by atoms with Gasteiger partial charge in [-0.3, -0.25) is 0 Å². The molecule has 0 radical (unpaired) electrons. The zero-order valence-electron chi connectivity index (χ0n) is 19.5. The summed E-state index contributed by atoms with van der Waals surface area (Å²) < 4.78 is 12.6. The van der Waals surface area contributed by atoms with Crippen molar-refractivity contribution >= 4 is 32.6 Å². The van der Waals surface area contributed by atoms with E-state index in [0.717, 1.165) is 11.5 Å². The van der Waals surface area contributed by atoms with Gasteiger partial charge in [-0.25, -0.2) is 0 Å². The van der Waals surface area contributed by atoms with E-state index in [1.54, 1.807) is 2.89 Å². The van der Waals surface area contributed by atoms with Crippen LogP contribution in [0, 0.1) is 0 Å². The second-order valence-electron chi connectivity index (χ2n) is 8.67. The van der Waals surface area contributed by atoms with Gasteiger partial charge in [-0.1, -0.05) is 0 Å². The molecule has 0 N–H and O–H groups in total. The molecule has 3 aromatic rings. The Balaban J connectivity index is 1.94. The minimum absolute atomic E-state index is 0.897. The van der Waals surface area contributed by atoms with E-state index in [-0.39, 0.29) is 0 Å². The van der Waals surface area contributed by atoms with E-state index in [1.165, 1.54) is 62.3 Å². The number of unbranched alkanes of at least 4 members (excludes halogenated alkanes) is 3. The van der Waals surface area contributed by atoms with E-state index >= 15 is 0 Å². The topological polar surface area (TPSA) is 9.23 Å². The van der Waals surface area contributed by atoms with Crippen molar-refractivity contribution in [3.8, 4) is 21.9 Å². The van der Waals surface area contributed by atoms with Crippen LogP contribution in [0.2, 0.25) is 13.3 Å². The molecule has 2 aromatic carbocycles. The predicted octanol–water partition coefficient (Wildman–Crippen LogP) is 9.26. The van der Waals surface area contributed by atoms with Crippen molar-refractivity contribution < 1.29 is 4.74 Å². The first-order chi connectivity index (χ1) is 15.2. The van der Waals surface area contributed by atoms with Crippen LogP contribution in [-0.2, 0) is 0 Å². The normalized spacial score (nSPS) is 11.6. The summed E-state index contributed by atoms with van der Waals surface area (Å²) in [6, 6.07) is 23.5. The third kappa shape index (κ3) is 6.61. The van der Waals surface area contributed by atoms with Crippen molar-refractivity contribution in [1.29, 1.82) is 0 Å². The van der Waals surface area contributed by atoms with Crippen LogP contribution in [-0.4, -0.2) is 18.4 Å². The second-order valence-corrected chi connectivity index (χ2v) is 23.9. The van der Waals surface area contributed by atoms with Crippen LogP contribution in [0.5, 0.6) is 11.5 Å². The number of hydrogen-bond acceptors (Lipinski definition) is 2. The number of ether oxygens (including phenoxy) is 1. The second kappa shape index (κ2) is 12.7. The quantitative estimate of drug-likeness (QED) is 0.196. The molecular weight excluding hydrogens is 503 g/mol. The third-order valence-electron chi connectivity index (χ3n) is 6.28. The summed E-state index contributed by atoms with van der Waals surface area (Å²) in [4.78, 5) is 1.37. The zero-order valence-corrected chi connectivity index (χ0v) is 23.2. The van der Waals surface area contributed by atoms with Gasteiger partial charge in [-0.05, 0) is 0 Å². The molecule has 0 atom stereocenters. The summed E-state index contributed by atoms with van der Waals surface area (Å²) in [6.45, 7) is 7.06. The van der Waals surface area contributed by atoms with Crippen LogP contribution in [0.3, 0.4) is 0 Å². The summed E-state index contributed by atoms with van der Waals surface area (Å²) in [5.74, 6) is 1.85. The molecular formula is C28H38OSSn. The van der Waals surface area contributed by atoms with E-state index in [9.17, 15) is 0 Å². The molecule has 166 valence electrons. The molecule has 0 spiro atoms. The first kappa shape index (κ1) is 24.4. The van der Waals surface area contributed by atoms with Gasteiger partial charge in [0, 0.05) is 0 Å². The standard InChI is InChI=1S/C16H11OS.3C4H9.Sn/c1-2-7-13(8-3-1)17-15-10-5-4-9-14(15)16-11-6-12-18-16;3*1-3-4-2;/h1-11H;3*1,3-4H2,2H3;. The molecule has 0 aliphatic heterocycles. The first-order valence-electron chi connectivity index (χ1n) is 12.1. The molecule has 0 fully saturated rings. The van der Waals surface area contributed by atoms with E-state index < -0.39 is 18.4 Å². The molecule has 0 saturated carbocycles. The molecule has 1 nitrogen and oxygen atoms in total. The van der Waals surface area contributed by atoms with Gasteiger partial charge in [0.2, 0.25) is 0 Å². The molecule has 3 heteroatoms. The van der Waals surface area contributed by atoms with Gasteiger partial charge in [0.1, 0.15) is 0 Å². The average molecular weight is 541 g/mol. The fraction of sp³-hybridized carbons (Fsp3) is 0.429. The monoisotopic (exact) mass is 542 g/mol. The molecule has 0 aliphatic carbocycles. The maximum atomic E-state index is 6.28. The van der Waals surface area contributed by atoms with Crippen LogP contribution < -0.4 is 7.63 Å². The third-order valence-corrected chi connectivity index (χ3v) is 25.7. The SMILES string of the molecule is CCC[CH2][Sn]([CH2]CCC)([CH2]CCC)[c]1ccc(-c2ccccc2Oc2ccccc2)s1. The molecule has 0 bridgehead atoms. The van der Waals surface area contributed by atoms with Crippen molar-refractivity contribution in [3.05, 3.63) is 66.7 Å². The van der Waals surface area contributed by atoms with Crippen molar-refractivity contribution in [3.63, 3.8) is 0 Å². The molecule has 1 heterocycles. The van der Waals surface area contributed by atoms with Gasteiger partial charge in [-0.2, -0.15) is 0 Å². The van der Waals surface area contributed by atoms with Gasteiger partial charge >= 0.3 is 199 Å². The zero-order chi connectivity index (χ0) is 21.9. The van der Waals surface area contributed by atoms with Crippen molar-refractivity contribution in [1.82, 2.24) is 0 Å².